The molecule has 0 aliphatic heterocycles. The zero-order chi connectivity index (χ0) is 12.0. The Morgan fingerprint density at radius 3 is 2.94 bits per heavy atom. The van der Waals surface area contributed by atoms with Crippen molar-refractivity contribution >= 4 is 23.0 Å². The summed E-state index contributed by atoms with van der Waals surface area (Å²) in [4.78, 5) is 4.62. The zero-order valence-electron chi connectivity index (χ0n) is 9.56. The van der Waals surface area contributed by atoms with Gasteiger partial charge in [0.25, 0.3) is 0 Å². The summed E-state index contributed by atoms with van der Waals surface area (Å²) in [7, 11) is 1.68. The Labute approximate surface area is 101 Å². The van der Waals surface area contributed by atoms with Crippen molar-refractivity contribution in [3.8, 4) is 0 Å². The van der Waals surface area contributed by atoms with Crippen LogP contribution in [0.25, 0.3) is 0 Å². The molecule has 1 aromatic heterocycles. The van der Waals surface area contributed by atoms with E-state index in [9.17, 15) is 0 Å². The van der Waals surface area contributed by atoms with Gasteiger partial charge in [0.2, 0.25) is 0 Å². The standard InChI is InChI=1S/C11H17N3OS/c1-3-8(7-15-2)13-10-6-4-5-9(14-10)11(12)16/h4-6,8H,3,7H2,1-2H3,(H2,12,16)(H,13,14). The molecule has 0 aromatic carbocycles. The fourth-order valence-corrected chi connectivity index (χ4v) is 1.44. The number of nitrogens with two attached hydrogens (primary N) is 1. The molecule has 0 amide bonds. The van der Waals surface area contributed by atoms with Crippen molar-refractivity contribution in [3.63, 3.8) is 0 Å². The molecule has 3 N–H and O–H groups in total. The molecule has 1 aromatic rings. The molecule has 0 saturated heterocycles. The SMILES string of the molecule is CCC(COC)Nc1cccc(C(N)=S)n1. The van der Waals surface area contributed by atoms with Gasteiger partial charge in [-0.2, -0.15) is 0 Å². The van der Waals surface area contributed by atoms with Gasteiger partial charge >= 0.3 is 0 Å². The van der Waals surface area contributed by atoms with Gasteiger partial charge in [0.05, 0.1) is 18.3 Å². The highest BCUT2D eigenvalue weighted by Crippen LogP contribution is 2.08. The lowest BCUT2D eigenvalue weighted by molar-refractivity contribution is 0.184. The van der Waals surface area contributed by atoms with E-state index in [0.29, 0.717) is 17.3 Å². The maximum absolute atomic E-state index is 5.52. The Bertz CT molecular complexity index is 357. The van der Waals surface area contributed by atoms with Gasteiger partial charge in [0, 0.05) is 7.11 Å². The van der Waals surface area contributed by atoms with Crippen LogP contribution in [0.15, 0.2) is 18.2 Å². The number of nitrogens with zero attached hydrogens (tertiary/aromatic N) is 1. The van der Waals surface area contributed by atoms with Crippen molar-refractivity contribution in [3.05, 3.63) is 23.9 Å². The van der Waals surface area contributed by atoms with Crippen LogP contribution in [0.4, 0.5) is 5.82 Å². The van der Waals surface area contributed by atoms with Gasteiger partial charge in [-0.1, -0.05) is 25.2 Å². The Morgan fingerprint density at radius 2 is 2.38 bits per heavy atom. The summed E-state index contributed by atoms with van der Waals surface area (Å²) in [6.07, 6.45) is 0.965. The number of ether oxygens (including phenoxy) is 1. The summed E-state index contributed by atoms with van der Waals surface area (Å²) < 4.78 is 5.10. The maximum Gasteiger partial charge on any atom is 0.127 e. The first-order valence-electron chi connectivity index (χ1n) is 5.19. The van der Waals surface area contributed by atoms with Crippen LogP contribution >= 0.6 is 12.2 Å². The Balaban J connectivity index is 2.72. The van der Waals surface area contributed by atoms with E-state index in [1.807, 2.05) is 12.1 Å². The lowest BCUT2D eigenvalue weighted by atomic mass is 10.2. The van der Waals surface area contributed by atoms with Gasteiger partial charge in [-0.15, -0.1) is 0 Å². The van der Waals surface area contributed by atoms with Crippen LogP contribution in [0, 0.1) is 0 Å². The molecule has 88 valence electrons. The summed E-state index contributed by atoms with van der Waals surface area (Å²) in [5.74, 6) is 0.772. The van der Waals surface area contributed by atoms with Gasteiger partial charge in [0.15, 0.2) is 0 Å². The van der Waals surface area contributed by atoms with E-state index in [1.165, 1.54) is 0 Å². The number of anilines is 1. The highest BCUT2D eigenvalue weighted by molar-refractivity contribution is 7.80. The number of nitrogens with one attached hydrogen (secondary N) is 1. The number of rotatable bonds is 6. The van der Waals surface area contributed by atoms with E-state index in [4.69, 9.17) is 22.7 Å². The van der Waals surface area contributed by atoms with Crippen LogP contribution in [0.1, 0.15) is 19.0 Å². The Hall–Kier alpha value is -1.20. The first kappa shape index (κ1) is 12.9. The highest BCUT2D eigenvalue weighted by Gasteiger charge is 2.07. The number of hydrogen-bond acceptors (Lipinski definition) is 4. The quantitative estimate of drug-likeness (QED) is 0.738. The Kier molecular flexibility index (Phi) is 5.14. The van der Waals surface area contributed by atoms with Crippen molar-refractivity contribution in [1.82, 2.24) is 4.98 Å². The van der Waals surface area contributed by atoms with E-state index >= 15 is 0 Å². The molecule has 1 heterocycles. The Morgan fingerprint density at radius 1 is 1.62 bits per heavy atom. The molecule has 0 fully saturated rings. The minimum absolute atomic E-state index is 0.249. The molecule has 0 radical (unpaired) electrons. The maximum atomic E-state index is 5.52. The summed E-state index contributed by atoms with van der Waals surface area (Å²) in [6, 6.07) is 5.81. The number of thiocarbonyl (C=S) groups is 1. The number of methoxy groups -OCH3 is 1. The van der Waals surface area contributed by atoms with Gasteiger partial charge in [-0.3, -0.25) is 0 Å². The number of pyridine rings is 1. The number of hydrogen-bond donors (Lipinski definition) is 2. The zero-order valence-corrected chi connectivity index (χ0v) is 10.4. The van der Waals surface area contributed by atoms with Crippen LogP contribution < -0.4 is 11.1 Å². The second-order valence-electron chi connectivity index (χ2n) is 3.48. The van der Waals surface area contributed by atoms with Gasteiger partial charge in [-0.05, 0) is 18.6 Å². The van der Waals surface area contributed by atoms with Crippen molar-refractivity contribution in [2.75, 3.05) is 19.0 Å². The first-order valence-corrected chi connectivity index (χ1v) is 5.60. The second-order valence-corrected chi connectivity index (χ2v) is 3.92. The van der Waals surface area contributed by atoms with E-state index in [2.05, 4.69) is 17.2 Å². The predicted molar refractivity (Wildman–Crippen MR) is 69.7 cm³/mol. The molecule has 0 aliphatic rings. The van der Waals surface area contributed by atoms with E-state index < -0.39 is 0 Å². The van der Waals surface area contributed by atoms with Crippen LogP contribution in [-0.2, 0) is 4.74 Å². The van der Waals surface area contributed by atoms with Crippen LogP contribution in [0.2, 0.25) is 0 Å². The van der Waals surface area contributed by atoms with E-state index in [-0.39, 0.29) is 6.04 Å². The van der Waals surface area contributed by atoms with Crippen molar-refractivity contribution < 1.29 is 4.74 Å². The van der Waals surface area contributed by atoms with E-state index in [0.717, 1.165) is 12.2 Å². The highest BCUT2D eigenvalue weighted by atomic mass is 32.1. The fourth-order valence-electron chi connectivity index (χ4n) is 1.32. The van der Waals surface area contributed by atoms with Crippen molar-refractivity contribution in [2.45, 2.75) is 19.4 Å². The fraction of sp³-hybridized carbons (Fsp3) is 0.455. The summed E-state index contributed by atoms with van der Waals surface area (Å²) >= 11 is 4.88. The molecule has 0 spiro atoms. The minimum Gasteiger partial charge on any atom is -0.388 e. The third-order valence-electron chi connectivity index (χ3n) is 2.21. The molecule has 4 nitrogen and oxygen atoms in total. The summed E-state index contributed by atoms with van der Waals surface area (Å²) in [5, 5.41) is 3.27. The topological polar surface area (TPSA) is 60.2 Å². The molecular formula is C11H17N3OS. The molecule has 1 unspecified atom stereocenters. The molecule has 5 heteroatoms. The molecular weight excluding hydrogens is 222 g/mol. The van der Waals surface area contributed by atoms with Crippen LogP contribution in [0.3, 0.4) is 0 Å². The van der Waals surface area contributed by atoms with E-state index in [1.54, 1.807) is 13.2 Å². The lowest BCUT2D eigenvalue weighted by Gasteiger charge is -2.16. The van der Waals surface area contributed by atoms with Crippen molar-refractivity contribution in [2.24, 2.45) is 5.73 Å². The average Bonchev–Trinajstić information content (AvgIpc) is 2.29. The van der Waals surface area contributed by atoms with Gasteiger partial charge in [0.1, 0.15) is 10.8 Å². The normalized spacial score (nSPS) is 12.1. The lowest BCUT2D eigenvalue weighted by Crippen LogP contribution is -2.25. The van der Waals surface area contributed by atoms with Crippen LogP contribution in [-0.4, -0.2) is 29.7 Å². The summed E-state index contributed by atoms with van der Waals surface area (Å²) in [6.45, 7) is 2.74. The molecule has 0 saturated carbocycles. The van der Waals surface area contributed by atoms with Crippen molar-refractivity contribution in [1.29, 1.82) is 0 Å². The average molecular weight is 239 g/mol. The summed E-state index contributed by atoms with van der Waals surface area (Å²) in [5.41, 5.74) is 6.15. The second kappa shape index (κ2) is 6.40. The van der Waals surface area contributed by atoms with Crippen LogP contribution in [0.5, 0.6) is 0 Å². The monoisotopic (exact) mass is 239 g/mol. The molecule has 0 bridgehead atoms. The smallest absolute Gasteiger partial charge is 0.127 e. The largest absolute Gasteiger partial charge is 0.388 e. The molecule has 1 atom stereocenters. The third-order valence-corrected chi connectivity index (χ3v) is 2.42. The van der Waals surface area contributed by atoms with Gasteiger partial charge < -0.3 is 15.8 Å². The predicted octanol–water partition coefficient (Wildman–Crippen LogP) is 1.55. The molecule has 1 rings (SSSR count). The first-order chi connectivity index (χ1) is 7.67. The van der Waals surface area contributed by atoms with Gasteiger partial charge in [-0.25, -0.2) is 4.98 Å². The minimum atomic E-state index is 0.249. The molecule has 16 heavy (non-hydrogen) atoms. The third kappa shape index (κ3) is 3.75. The number of aromatic nitrogens is 1. The molecule has 0 aliphatic carbocycles.